The van der Waals surface area contributed by atoms with Gasteiger partial charge in [-0.25, -0.2) is 0 Å². The van der Waals surface area contributed by atoms with Gasteiger partial charge in [0.2, 0.25) is 0 Å². The monoisotopic (exact) mass is 204 g/mol. The molecule has 0 aromatic heterocycles. The predicted molar refractivity (Wildman–Crippen MR) is 61.8 cm³/mol. The minimum Gasteiger partial charge on any atom is -0.326 e. The van der Waals surface area contributed by atoms with Gasteiger partial charge in [0.15, 0.2) is 0 Å². The molecule has 4 N–H and O–H groups in total. The lowest BCUT2D eigenvalue weighted by atomic mass is 10.3. The molecule has 86 valence electrons. The van der Waals surface area contributed by atoms with E-state index in [1.807, 2.05) is 0 Å². The van der Waals surface area contributed by atoms with Gasteiger partial charge >= 0.3 is 0 Å². The Bertz CT molecular complexity index is 136. The lowest BCUT2D eigenvalue weighted by molar-refractivity contribution is -0.944. The van der Waals surface area contributed by atoms with Crippen LogP contribution < -0.4 is 11.5 Å². The van der Waals surface area contributed by atoms with Crippen molar-refractivity contribution in [1.29, 1.82) is 0 Å². The van der Waals surface area contributed by atoms with Crippen molar-refractivity contribution in [1.82, 2.24) is 0 Å². The Kier molecular flexibility index (Phi) is 5.59. The second-order valence-corrected chi connectivity index (χ2v) is 5.34. The van der Waals surface area contributed by atoms with Crippen molar-refractivity contribution in [3.8, 4) is 0 Å². The predicted octanol–water partition coefficient (Wildman–Crippen LogP) is -0.943. The van der Waals surface area contributed by atoms with E-state index < -0.39 is 0 Å². The molecule has 0 spiro atoms. The molecule has 0 heterocycles. The van der Waals surface area contributed by atoms with Crippen molar-refractivity contribution in [2.24, 2.45) is 11.5 Å². The minimum atomic E-state index is 0.761. The van der Waals surface area contributed by atoms with Crippen LogP contribution >= 0.6 is 0 Å². The molecule has 0 atom stereocenters. The van der Waals surface area contributed by atoms with Crippen molar-refractivity contribution in [3.05, 3.63) is 0 Å². The highest BCUT2D eigenvalue weighted by Gasteiger charge is 2.21. The maximum Gasteiger partial charge on any atom is 0.128 e. The second-order valence-electron chi connectivity index (χ2n) is 5.34. The van der Waals surface area contributed by atoms with Gasteiger partial charge in [0.05, 0.1) is 41.3 Å². The number of rotatable bonds is 7. The Labute approximate surface area is 88.6 Å². The van der Waals surface area contributed by atoms with Gasteiger partial charge in [0, 0.05) is 13.1 Å². The van der Waals surface area contributed by atoms with Crippen LogP contribution in [0.1, 0.15) is 0 Å². The molecule has 0 aliphatic heterocycles. The summed E-state index contributed by atoms with van der Waals surface area (Å²) in [5.41, 5.74) is 11.1. The fraction of sp³-hybridized carbons (Fsp3) is 1.00. The second kappa shape index (κ2) is 5.66. The first-order chi connectivity index (χ1) is 6.33. The summed E-state index contributed by atoms with van der Waals surface area (Å²) in [6.07, 6.45) is 0. The minimum absolute atomic E-state index is 0.761. The SMILES string of the molecule is C[N+](C)(CCN)CC[N+](C)(C)CCN. The molecule has 0 bridgehead atoms. The molecule has 0 saturated heterocycles. The van der Waals surface area contributed by atoms with Gasteiger partial charge in [-0.2, -0.15) is 0 Å². The zero-order valence-corrected chi connectivity index (χ0v) is 10.3. The van der Waals surface area contributed by atoms with E-state index in [1.54, 1.807) is 0 Å². The van der Waals surface area contributed by atoms with Gasteiger partial charge in [0.25, 0.3) is 0 Å². The fourth-order valence-electron chi connectivity index (χ4n) is 1.46. The summed E-state index contributed by atoms with van der Waals surface area (Å²) in [5, 5.41) is 0. The molecular formula is C10H28N4+2. The van der Waals surface area contributed by atoms with Gasteiger partial charge in [-0.3, -0.25) is 0 Å². The summed E-state index contributed by atoms with van der Waals surface area (Å²) in [7, 11) is 8.93. The van der Waals surface area contributed by atoms with E-state index in [4.69, 9.17) is 11.5 Å². The molecule has 0 unspecified atom stereocenters. The Morgan fingerprint density at radius 1 is 0.643 bits per heavy atom. The largest absolute Gasteiger partial charge is 0.326 e. The molecule has 0 amide bonds. The number of likely N-dealkylation sites (N-methyl/N-ethyl adjacent to an activating group) is 2. The van der Waals surface area contributed by atoms with E-state index in [-0.39, 0.29) is 0 Å². The highest BCUT2D eigenvalue weighted by Crippen LogP contribution is 2.01. The number of hydrogen-bond acceptors (Lipinski definition) is 2. The summed E-state index contributed by atoms with van der Waals surface area (Å²) >= 11 is 0. The third kappa shape index (κ3) is 6.32. The van der Waals surface area contributed by atoms with Crippen molar-refractivity contribution in [2.75, 3.05) is 67.5 Å². The molecule has 0 aromatic carbocycles. The van der Waals surface area contributed by atoms with E-state index in [0.717, 1.165) is 48.2 Å². The van der Waals surface area contributed by atoms with Gasteiger partial charge < -0.3 is 20.4 Å². The smallest absolute Gasteiger partial charge is 0.128 e. The van der Waals surface area contributed by atoms with E-state index in [0.29, 0.717) is 0 Å². The molecule has 4 heteroatoms. The average molecular weight is 204 g/mol. The summed E-state index contributed by atoms with van der Waals surface area (Å²) in [5.74, 6) is 0. The fourth-order valence-corrected chi connectivity index (χ4v) is 1.46. The van der Waals surface area contributed by atoms with Crippen LogP contribution in [0.4, 0.5) is 0 Å². The summed E-state index contributed by atoms with van der Waals surface area (Å²) in [4.78, 5) is 0. The Balaban J connectivity index is 3.90. The van der Waals surface area contributed by atoms with E-state index in [2.05, 4.69) is 28.2 Å². The number of hydrogen-bond donors (Lipinski definition) is 2. The van der Waals surface area contributed by atoms with Crippen LogP contribution in [-0.4, -0.2) is 76.4 Å². The van der Waals surface area contributed by atoms with Gasteiger partial charge in [-0.1, -0.05) is 0 Å². The zero-order valence-electron chi connectivity index (χ0n) is 10.3. The van der Waals surface area contributed by atoms with E-state index >= 15 is 0 Å². The number of nitrogens with two attached hydrogens (primary N) is 2. The zero-order chi connectivity index (χ0) is 11.2. The van der Waals surface area contributed by atoms with Crippen LogP contribution in [0.2, 0.25) is 0 Å². The molecule has 0 aliphatic rings. The van der Waals surface area contributed by atoms with Crippen LogP contribution in [0.15, 0.2) is 0 Å². The molecule has 0 fully saturated rings. The highest BCUT2D eigenvalue weighted by molar-refractivity contribution is 4.39. The first-order valence-electron chi connectivity index (χ1n) is 5.37. The standard InChI is InChI=1S/C10H28N4/c1-13(2,7-5-11)9-10-14(3,4)8-6-12/h5-12H2,1-4H3/q+2. The Hall–Kier alpha value is -0.160. The van der Waals surface area contributed by atoms with E-state index in [1.165, 1.54) is 0 Å². The molecule has 0 aliphatic carbocycles. The first-order valence-corrected chi connectivity index (χ1v) is 5.37. The van der Waals surface area contributed by atoms with Crippen molar-refractivity contribution in [3.63, 3.8) is 0 Å². The lowest BCUT2D eigenvalue weighted by Gasteiger charge is -2.35. The van der Waals surface area contributed by atoms with Crippen LogP contribution in [-0.2, 0) is 0 Å². The summed E-state index contributed by atoms with van der Waals surface area (Å²) in [6, 6.07) is 0. The molecule has 14 heavy (non-hydrogen) atoms. The quantitative estimate of drug-likeness (QED) is 0.526. The maximum absolute atomic E-state index is 5.57. The topological polar surface area (TPSA) is 52.0 Å². The van der Waals surface area contributed by atoms with Crippen LogP contribution in [0.25, 0.3) is 0 Å². The third-order valence-electron chi connectivity index (χ3n) is 2.78. The number of nitrogens with zero attached hydrogens (tertiary/aromatic N) is 2. The molecule has 0 saturated carbocycles. The van der Waals surface area contributed by atoms with E-state index in [9.17, 15) is 0 Å². The van der Waals surface area contributed by atoms with Crippen LogP contribution in [0.3, 0.4) is 0 Å². The van der Waals surface area contributed by atoms with Gasteiger partial charge in [-0.15, -0.1) is 0 Å². The Morgan fingerprint density at radius 3 is 1.14 bits per heavy atom. The maximum atomic E-state index is 5.57. The normalized spacial score (nSPS) is 13.3. The van der Waals surface area contributed by atoms with Crippen molar-refractivity contribution in [2.45, 2.75) is 0 Å². The first kappa shape index (κ1) is 13.8. The molecule has 0 rings (SSSR count). The molecule has 0 radical (unpaired) electrons. The summed E-state index contributed by atoms with van der Waals surface area (Å²) < 4.78 is 2.01. The molecule has 4 nitrogen and oxygen atoms in total. The van der Waals surface area contributed by atoms with Gasteiger partial charge in [0.1, 0.15) is 13.1 Å². The molecule has 0 aromatic rings. The average Bonchev–Trinajstić information content (AvgIpc) is 2.01. The van der Waals surface area contributed by atoms with Crippen molar-refractivity contribution < 1.29 is 8.97 Å². The van der Waals surface area contributed by atoms with Crippen LogP contribution in [0, 0.1) is 0 Å². The lowest BCUT2D eigenvalue weighted by Crippen LogP contribution is -2.53. The third-order valence-corrected chi connectivity index (χ3v) is 2.78. The van der Waals surface area contributed by atoms with Gasteiger partial charge in [-0.05, 0) is 0 Å². The highest BCUT2D eigenvalue weighted by atomic mass is 15.4. The molecular weight excluding hydrogens is 176 g/mol. The summed E-state index contributed by atoms with van der Waals surface area (Å²) in [6.45, 7) is 5.92. The van der Waals surface area contributed by atoms with Crippen molar-refractivity contribution >= 4 is 0 Å². The number of quaternary nitrogens is 2. The Morgan fingerprint density at radius 2 is 0.929 bits per heavy atom. The van der Waals surface area contributed by atoms with Crippen LogP contribution in [0.5, 0.6) is 0 Å².